The molecular weight excluding hydrogens is 320 g/mol. The van der Waals surface area contributed by atoms with Crippen LogP contribution in [-0.4, -0.2) is 61.1 Å². The number of likely N-dealkylation sites (tertiary alicyclic amines) is 1. The van der Waals surface area contributed by atoms with E-state index in [0.29, 0.717) is 23.3 Å². The zero-order valence-electron chi connectivity index (χ0n) is 12.9. The molecule has 3 heterocycles. The molecule has 0 amide bonds. The van der Waals surface area contributed by atoms with E-state index in [9.17, 15) is 13.5 Å². The second-order valence-electron chi connectivity index (χ2n) is 6.22. The fourth-order valence-corrected chi connectivity index (χ4v) is 6.53. The molecule has 0 unspecified atom stereocenters. The smallest absolute Gasteiger partial charge is 0.252 e. The van der Waals surface area contributed by atoms with Crippen LogP contribution in [0.15, 0.2) is 16.3 Å². The van der Waals surface area contributed by atoms with Crippen LogP contribution in [0.2, 0.25) is 0 Å². The molecule has 1 aromatic heterocycles. The summed E-state index contributed by atoms with van der Waals surface area (Å²) in [5.41, 5.74) is 0. The van der Waals surface area contributed by atoms with Crippen molar-refractivity contribution in [3.8, 4) is 0 Å². The van der Waals surface area contributed by atoms with Crippen molar-refractivity contribution in [2.75, 3.05) is 26.2 Å². The van der Waals surface area contributed by atoms with Crippen molar-refractivity contribution in [1.29, 1.82) is 0 Å². The molecule has 1 N–H and O–H groups in total. The molecule has 0 bridgehead atoms. The second kappa shape index (κ2) is 6.57. The van der Waals surface area contributed by atoms with Crippen molar-refractivity contribution in [2.45, 2.75) is 48.9 Å². The van der Waals surface area contributed by atoms with Crippen LogP contribution in [-0.2, 0) is 10.0 Å². The number of hydrogen-bond acceptors (Lipinski definition) is 5. The monoisotopic (exact) mass is 344 g/mol. The predicted molar refractivity (Wildman–Crippen MR) is 87.7 cm³/mol. The molecule has 2 aliphatic heterocycles. The van der Waals surface area contributed by atoms with Gasteiger partial charge in [-0.2, -0.15) is 4.31 Å². The molecule has 0 saturated carbocycles. The Labute approximate surface area is 136 Å². The van der Waals surface area contributed by atoms with Crippen LogP contribution in [0.4, 0.5) is 0 Å². The lowest BCUT2D eigenvalue weighted by molar-refractivity contribution is 0.0899. The minimum atomic E-state index is -3.32. The highest BCUT2D eigenvalue weighted by atomic mass is 32.2. The molecule has 0 aromatic carbocycles. The summed E-state index contributed by atoms with van der Waals surface area (Å²) in [6.07, 6.45) is 3.92. The molecule has 0 aliphatic carbocycles. The molecule has 124 valence electrons. The standard InChI is InChI=1S/C15H24N2O3S2/c1-12-4-5-15(21-12)22(19,20)16-9-6-13(7-10-16)17-8-2-3-14(17)11-18/h4-5,13-14,18H,2-3,6-11H2,1H3/t14-/m0/s1. The van der Waals surface area contributed by atoms with Gasteiger partial charge in [-0.05, 0) is 51.3 Å². The maximum atomic E-state index is 12.6. The lowest BCUT2D eigenvalue weighted by atomic mass is 10.0. The number of hydrogen-bond donors (Lipinski definition) is 1. The SMILES string of the molecule is Cc1ccc(S(=O)(=O)N2CCC(N3CCC[C@H]3CO)CC2)s1. The Morgan fingerprint density at radius 3 is 2.55 bits per heavy atom. The third kappa shape index (κ3) is 3.10. The van der Waals surface area contributed by atoms with Crippen LogP contribution in [0.25, 0.3) is 0 Å². The van der Waals surface area contributed by atoms with Gasteiger partial charge in [0.1, 0.15) is 4.21 Å². The first-order chi connectivity index (χ1) is 10.5. The summed E-state index contributed by atoms with van der Waals surface area (Å²) in [6.45, 7) is 4.34. The van der Waals surface area contributed by atoms with Crippen LogP contribution in [0.1, 0.15) is 30.6 Å². The highest BCUT2D eigenvalue weighted by Crippen LogP contribution is 2.30. The van der Waals surface area contributed by atoms with Gasteiger partial charge in [-0.15, -0.1) is 11.3 Å². The fraction of sp³-hybridized carbons (Fsp3) is 0.733. The van der Waals surface area contributed by atoms with Gasteiger partial charge in [-0.25, -0.2) is 8.42 Å². The third-order valence-corrected chi connectivity index (χ3v) is 8.20. The van der Waals surface area contributed by atoms with E-state index in [1.54, 1.807) is 10.4 Å². The Balaban J connectivity index is 1.64. The van der Waals surface area contributed by atoms with Crippen LogP contribution >= 0.6 is 11.3 Å². The molecule has 0 spiro atoms. The summed E-state index contributed by atoms with van der Waals surface area (Å²) in [7, 11) is -3.32. The average molecular weight is 345 g/mol. The predicted octanol–water partition coefficient (Wildman–Crippen LogP) is 1.67. The third-order valence-electron chi connectivity index (χ3n) is 4.84. The summed E-state index contributed by atoms with van der Waals surface area (Å²) < 4.78 is 27.3. The summed E-state index contributed by atoms with van der Waals surface area (Å²) in [6, 6.07) is 4.26. The Morgan fingerprint density at radius 1 is 1.23 bits per heavy atom. The Kier molecular flexibility index (Phi) is 4.89. The van der Waals surface area contributed by atoms with Gasteiger partial charge in [0.2, 0.25) is 0 Å². The van der Waals surface area contributed by atoms with Gasteiger partial charge in [0.15, 0.2) is 0 Å². The highest BCUT2D eigenvalue weighted by Gasteiger charge is 2.35. The average Bonchev–Trinajstić information content (AvgIpc) is 3.16. The molecule has 2 fully saturated rings. The van der Waals surface area contributed by atoms with Crippen LogP contribution < -0.4 is 0 Å². The minimum absolute atomic E-state index is 0.215. The van der Waals surface area contributed by atoms with Crippen molar-refractivity contribution in [3.63, 3.8) is 0 Å². The first-order valence-electron chi connectivity index (χ1n) is 7.95. The van der Waals surface area contributed by atoms with Crippen LogP contribution in [0.5, 0.6) is 0 Å². The minimum Gasteiger partial charge on any atom is -0.395 e. The number of aliphatic hydroxyl groups excluding tert-OH is 1. The van der Waals surface area contributed by atoms with E-state index in [4.69, 9.17) is 0 Å². The zero-order chi connectivity index (χ0) is 15.7. The Hall–Kier alpha value is -0.470. The molecule has 2 saturated heterocycles. The van der Waals surface area contributed by atoms with E-state index in [2.05, 4.69) is 4.90 Å². The molecule has 22 heavy (non-hydrogen) atoms. The number of piperidine rings is 1. The molecule has 1 atom stereocenters. The molecule has 3 rings (SSSR count). The highest BCUT2D eigenvalue weighted by molar-refractivity contribution is 7.91. The van der Waals surface area contributed by atoms with E-state index in [0.717, 1.165) is 37.1 Å². The van der Waals surface area contributed by atoms with Crippen molar-refractivity contribution < 1.29 is 13.5 Å². The number of aliphatic hydroxyl groups is 1. The molecule has 2 aliphatic rings. The van der Waals surface area contributed by atoms with E-state index in [1.165, 1.54) is 11.3 Å². The van der Waals surface area contributed by atoms with Crippen molar-refractivity contribution in [1.82, 2.24) is 9.21 Å². The summed E-state index contributed by atoms with van der Waals surface area (Å²) >= 11 is 1.35. The number of aryl methyl sites for hydroxylation is 1. The van der Waals surface area contributed by atoms with Gasteiger partial charge in [-0.3, -0.25) is 4.90 Å². The Bertz CT molecular complexity index is 606. The summed E-state index contributed by atoms with van der Waals surface area (Å²) in [4.78, 5) is 3.41. The summed E-state index contributed by atoms with van der Waals surface area (Å²) in [5.74, 6) is 0. The second-order valence-corrected chi connectivity index (χ2v) is 9.67. The quantitative estimate of drug-likeness (QED) is 0.902. The van der Waals surface area contributed by atoms with E-state index >= 15 is 0 Å². The van der Waals surface area contributed by atoms with E-state index < -0.39 is 10.0 Å². The van der Waals surface area contributed by atoms with E-state index in [-0.39, 0.29) is 12.6 Å². The lowest BCUT2D eigenvalue weighted by Crippen LogP contribution is -2.48. The first-order valence-corrected chi connectivity index (χ1v) is 10.2. The lowest BCUT2D eigenvalue weighted by Gasteiger charge is -2.38. The van der Waals surface area contributed by atoms with Gasteiger partial charge < -0.3 is 5.11 Å². The van der Waals surface area contributed by atoms with E-state index in [1.807, 2.05) is 13.0 Å². The van der Waals surface area contributed by atoms with Crippen LogP contribution in [0, 0.1) is 6.92 Å². The van der Waals surface area contributed by atoms with Crippen molar-refractivity contribution >= 4 is 21.4 Å². The van der Waals surface area contributed by atoms with Crippen molar-refractivity contribution in [3.05, 3.63) is 17.0 Å². The first kappa shape index (κ1) is 16.4. The summed E-state index contributed by atoms with van der Waals surface area (Å²) in [5, 5.41) is 9.45. The van der Waals surface area contributed by atoms with Gasteiger partial charge >= 0.3 is 0 Å². The molecule has 5 nitrogen and oxygen atoms in total. The molecule has 1 aromatic rings. The van der Waals surface area contributed by atoms with Gasteiger partial charge in [0.05, 0.1) is 6.61 Å². The molecular formula is C15H24N2O3S2. The fourth-order valence-electron chi connectivity index (χ4n) is 3.63. The van der Waals surface area contributed by atoms with Crippen LogP contribution in [0.3, 0.4) is 0 Å². The molecule has 0 radical (unpaired) electrons. The zero-order valence-corrected chi connectivity index (χ0v) is 14.6. The number of nitrogens with zero attached hydrogens (tertiary/aromatic N) is 2. The normalized spacial score (nSPS) is 25.8. The topological polar surface area (TPSA) is 60.9 Å². The maximum absolute atomic E-state index is 12.6. The number of sulfonamides is 1. The maximum Gasteiger partial charge on any atom is 0.252 e. The Morgan fingerprint density at radius 2 is 1.95 bits per heavy atom. The van der Waals surface area contributed by atoms with Gasteiger partial charge in [0, 0.05) is 30.1 Å². The number of rotatable bonds is 4. The molecule has 7 heteroatoms. The van der Waals surface area contributed by atoms with Crippen molar-refractivity contribution in [2.24, 2.45) is 0 Å². The van der Waals surface area contributed by atoms with Gasteiger partial charge in [-0.1, -0.05) is 0 Å². The number of thiophene rings is 1. The largest absolute Gasteiger partial charge is 0.395 e. The van der Waals surface area contributed by atoms with Gasteiger partial charge in [0.25, 0.3) is 10.0 Å².